The van der Waals surface area contributed by atoms with Crippen LogP contribution in [0.15, 0.2) is 36.5 Å². The lowest BCUT2D eigenvalue weighted by atomic mass is 10.2. The third-order valence-electron chi connectivity index (χ3n) is 3.08. The molecule has 2 aromatic rings. The highest BCUT2D eigenvalue weighted by Gasteiger charge is 2.08. The second kappa shape index (κ2) is 5.55. The monoisotopic (exact) mass is 266 g/mol. The van der Waals surface area contributed by atoms with Crippen molar-refractivity contribution in [2.45, 2.75) is 19.5 Å². The van der Waals surface area contributed by atoms with Gasteiger partial charge in [0.25, 0.3) is 0 Å². The van der Waals surface area contributed by atoms with Gasteiger partial charge in [0.05, 0.1) is 5.02 Å². The Balaban J connectivity index is 2.23. The molecule has 0 aliphatic carbocycles. The van der Waals surface area contributed by atoms with Gasteiger partial charge in [-0.25, -0.2) is 4.39 Å². The summed E-state index contributed by atoms with van der Waals surface area (Å²) in [6.07, 6.45) is 2.01. The molecule has 1 unspecified atom stereocenters. The van der Waals surface area contributed by atoms with Crippen LogP contribution < -0.4 is 5.32 Å². The second-order valence-corrected chi connectivity index (χ2v) is 4.73. The van der Waals surface area contributed by atoms with Crippen LogP contribution in [0.5, 0.6) is 0 Å². The molecule has 0 bridgehead atoms. The zero-order chi connectivity index (χ0) is 13.1. The smallest absolute Gasteiger partial charge is 0.141 e. The minimum atomic E-state index is -0.378. The Morgan fingerprint density at radius 2 is 2.17 bits per heavy atom. The van der Waals surface area contributed by atoms with Crippen LogP contribution in [0.1, 0.15) is 24.2 Å². The van der Waals surface area contributed by atoms with Gasteiger partial charge < -0.3 is 9.88 Å². The van der Waals surface area contributed by atoms with Gasteiger partial charge in [-0.2, -0.15) is 0 Å². The molecule has 1 aromatic carbocycles. The predicted molar refractivity (Wildman–Crippen MR) is 72.4 cm³/mol. The van der Waals surface area contributed by atoms with E-state index in [2.05, 4.69) is 22.9 Å². The van der Waals surface area contributed by atoms with Crippen molar-refractivity contribution < 1.29 is 4.39 Å². The van der Waals surface area contributed by atoms with Gasteiger partial charge in [-0.1, -0.05) is 17.7 Å². The van der Waals surface area contributed by atoms with Crippen molar-refractivity contribution in [1.82, 2.24) is 9.88 Å². The average molecular weight is 267 g/mol. The molecule has 0 saturated heterocycles. The Morgan fingerprint density at radius 1 is 1.39 bits per heavy atom. The van der Waals surface area contributed by atoms with Gasteiger partial charge in [0.2, 0.25) is 0 Å². The summed E-state index contributed by atoms with van der Waals surface area (Å²) in [6, 6.07) is 9.19. The van der Waals surface area contributed by atoms with Gasteiger partial charge in [-0.3, -0.25) is 0 Å². The van der Waals surface area contributed by atoms with Crippen LogP contribution in [0.3, 0.4) is 0 Å². The van der Waals surface area contributed by atoms with Crippen LogP contribution in [0.25, 0.3) is 0 Å². The predicted octanol–water partition coefficient (Wildman–Crippen LogP) is 3.61. The van der Waals surface area contributed by atoms with Crippen LogP contribution in [0, 0.1) is 5.82 Å². The van der Waals surface area contributed by atoms with Crippen molar-refractivity contribution in [3.63, 3.8) is 0 Å². The Hall–Kier alpha value is -1.32. The maximum atomic E-state index is 13.1. The van der Waals surface area contributed by atoms with Gasteiger partial charge in [-0.15, -0.1) is 0 Å². The molecule has 0 saturated carbocycles. The first-order chi connectivity index (χ1) is 8.61. The molecule has 0 spiro atoms. The number of nitrogens with one attached hydrogen (secondary N) is 1. The quantitative estimate of drug-likeness (QED) is 0.895. The Labute approximate surface area is 111 Å². The molecule has 0 fully saturated rings. The number of hydrogen-bond donors (Lipinski definition) is 1. The van der Waals surface area contributed by atoms with E-state index in [4.69, 9.17) is 11.6 Å². The van der Waals surface area contributed by atoms with Crippen molar-refractivity contribution in [3.05, 3.63) is 58.6 Å². The van der Waals surface area contributed by atoms with Gasteiger partial charge >= 0.3 is 0 Å². The molecule has 0 amide bonds. The Kier molecular flexibility index (Phi) is 4.04. The summed E-state index contributed by atoms with van der Waals surface area (Å²) in [7, 11) is 1.93. The first kappa shape index (κ1) is 13.1. The van der Waals surface area contributed by atoms with E-state index in [0.717, 1.165) is 5.56 Å². The normalized spacial score (nSPS) is 12.7. The lowest BCUT2D eigenvalue weighted by Crippen LogP contribution is -2.16. The highest BCUT2D eigenvalue weighted by atomic mass is 35.5. The lowest BCUT2D eigenvalue weighted by Gasteiger charge is -2.15. The summed E-state index contributed by atoms with van der Waals surface area (Å²) in [5, 5.41) is 3.38. The molecular formula is C14H16ClFN2. The molecular weight excluding hydrogens is 251 g/mol. The standard InChI is InChI=1S/C14H16ClFN2/c1-10(17-2)14-4-3-7-18(14)9-11-5-6-13(16)12(15)8-11/h3-8,10,17H,9H2,1-2H3. The maximum absolute atomic E-state index is 13.1. The number of rotatable bonds is 4. The Morgan fingerprint density at radius 3 is 2.83 bits per heavy atom. The van der Waals surface area contributed by atoms with E-state index in [1.165, 1.54) is 11.8 Å². The highest BCUT2D eigenvalue weighted by molar-refractivity contribution is 6.30. The zero-order valence-electron chi connectivity index (χ0n) is 10.5. The van der Waals surface area contributed by atoms with E-state index in [1.807, 2.05) is 19.3 Å². The molecule has 2 nitrogen and oxygen atoms in total. The SMILES string of the molecule is CNC(C)c1cccn1Cc1ccc(F)c(Cl)c1. The molecule has 1 aromatic heterocycles. The van der Waals surface area contributed by atoms with Gasteiger partial charge in [-0.05, 0) is 43.8 Å². The third-order valence-corrected chi connectivity index (χ3v) is 3.37. The molecule has 1 heterocycles. The third kappa shape index (κ3) is 2.74. The summed E-state index contributed by atoms with van der Waals surface area (Å²) in [4.78, 5) is 0. The highest BCUT2D eigenvalue weighted by Crippen LogP contribution is 2.19. The minimum absolute atomic E-state index is 0.169. The maximum Gasteiger partial charge on any atom is 0.141 e. The molecule has 96 valence electrons. The van der Waals surface area contributed by atoms with E-state index in [9.17, 15) is 4.39 Å². The number of hydrogen-bond acceptors (Lipinski definition) is 1. The molecule has 4 heteroatoms. The molecule has 0 radical (unpaired) electrons. The van der Waals surface area contributed by atoms with Crippen molar-refractivity contribution in [3.8, 4) is 0 Å². The van der Waals surface area contributed by atoms with Crippen molar-refractivity contribution in [1.29, 1.82) is 0 Å². The summed E-state index contributed by atoms with van der Waals surface area (Å²) in [5.41, 5.74) is 2.18. The van der Waals surface area contributed by atoms with E-state index in [0.29, 0.717) is 6.54 Å². The minimum Gasteiger partial charge on any atom is -0.346 e. The molecule has 2 rings (SSSR count). The van der Waals surface area contributed by atoms with Crippen LogP contribution in [0.2, 0.25) is 5.02 Å². The number of nitrogens with zero attached hydrogens (tertiary/aromatic N) is 1. The van der Waals surface area contributed by atoms with Crippen LogP contribution in [-0.2, 0) is 6.54 Å². The van der Waals surface area contributed by atoms with E-state index >= 15 is 0 Å². The molecule has 0 aliphatic heterocycles. The van der Waals surface area contributed by atoms with E-state index in [1.54, 1.807) is 12.1 Å². The fourth-order valence-corrected chi connectivity index (χ4v) is 2.15. The Bertz CT molecular complexity index is 536. The van der Waals surface area contributed by atoms with Gasteiger partial charge in [0, 0.05) is 24.5 Å². The van der Waals surface area contributed by atoms with Gasteiger partial charge in [0.1, 0.15) is 5.82 Å². The summed E-state index contributed by atoms with van der Waals surface area (Å²) < 4.78 is 15.2. The van der Waals surface area contributed by atoms with Crippen LogP contribution >= 0.6 is 11.6 Å². The molecule has 18 heavy (non-hydrogen) atoms. The van der Waals surface area contributed by atoms with Crippen molar-refractivity contribution in [2.75, 3.05) is 7.05 Å². The first-order valence-corrected chi connectivity index (χ1v) is 6.26. The van der Waals surface area contributed by atoms with Crippen LogP contribution in [-0.4, -0.2) is 11.6 Å². The fraction of sp³-hybridized carbons (Fsp3) is 0.286. The summed E-state index contributed by atoms with van der Waals surface area (Å²) in [6.45, 7) is 2.79. The van der Waals surface area contributed by atoms with Crippen molar-refractivity contribution in [2.24, 2.45) is 0 Å². The van der Waals surface area contributed by atoms with Crippen molar-refractivity contribution >= 4 is 11.6 Å². The number of benzene rings is 1. The lowest BCUT2D eigenvalue weighted by molar-refractivity contribution is 0.588. The fourth-order valence-electron chi connectivity index (χ4n) is 1.95. The largest absolute Gasteiger partial charge is 0.346 e. The van der Waals surface area contributed by atoms with Crippen LogP contribution in [0.4, 0.5) is 4.39 Å². The van der Waals surface area contributed by atoms with E-state index in [-0.39, 0.29) is 16.9 Å². The number of aromatic nitrogens is 1. The molecule has 1 N–H and O–H groups in total. The molecule has 0 aliphatic rings. The van der Waals surface area contributed by atoms with Gasteiger partial charge in [0.15, 0.2) is 0 Å². The second-order valence-electron chi connectivity index (χ2n) is 4.32. The summed E-state index contributed by atoms with van der Waals surface area (Å²) in [5.74, 6) is -0.378. The van der Waals surface area contributed by atoms with E-state index < -0.39 is 0 Å². The summed E-state index contributed by atoms with van der Waals surface area (Å²) >= 11 is 5.79. The number of halogens is 2. The topological polar surface area (TPSA) is 17.0 Å². The first-order valence-electron chi connectivity index (χ1n) is 5.88. The average Bonchev–Trinajstić information content (AvgIpc) is 2.81. The zero-order valence-corrected chi connectivity index (χ0v) is 11.2. The molecule has 1 atom stereocenters.